The molecule has 1 unspecified atom stereocenters. The summed E-state index contributed by atoms with van der Waals surface area (Å²) in [6.07, 6.45) is 4.82. The van der Waals surface area contributed by atoms with E-state index in [0.29, 0.717) is 52.6 Å². The van der Waals surface area contributed by atoms with Gasteiger partial charge in [0, 0.05) is 37.0 Å². The number of para-hydroxylation sites is 1. The van der Waals surface area contributed by atoms with Gasteiger partial charge in [0.15, 0.2) is 5.78 Å². The molecule has 1 aliphatic rings. The summed E-state index contributed by atoms with van der Waals surface area (Å²) in [4.78, 5) is 39.1. The normalized spacial score (nSPS) is 15.3. The second kappa shape index (κ2) is 10.6. The molecule has 1 atom stereocenters. The number of anilines is 1. The summed E-state index contributed by atoms with van der Waals surface area (Å²) in [7, 11) is 0. The molecule has 3 heterocycles. The Bertz CT molecular complexity index is 1410. The van der Waals surface area contributed by atoms with Crippen molar-refractivity contribution in [2.75, 3.05) is 24.3 Å². The van der Waals surface area contributed by atoms with Crippen molar-refractivity contribution >= 4 is 51.7 Å². The minimum absolute atomic E-state index is 0.00552. The number of rotatable bonds is 8. The third kappa shape index (κ3) is 4.87. The number of nitrogens with zero attached hydrogens (tertiary/aromatic N) is 3. The fraction of sp³-hybridized carbons (Fsp3) is 0.231. The number of nitrogens with one attached hydrogen (secondary N) is 2. The highest BCUT2D eigenvalue weighted by Crippen LogP contribution is 2.31. The molecule has 1 fully saturated rings. The molecule has 2 aromatic carbocycles. The van der Waals surface area contributed by atoms with Gasteiger partial charge in [0.25, 0.3) is 0 Å². The molecule has 0 bridgehead atoms. The zero-order chi connectivity index (χ0) is 25.1. The molecule has 184 valence electrons. The Morgan fingerprint density at radius 1 is 1.11 bits per heavy atom. The molecular weight excluding hydrogens is 501 g/mol. The van der Waals surface area contributed by atoms with Gasteiger partial charge >= 0.3 is 0 Å². The molecule has 1 amide bonds. The first-order chi connectivity index (χ1) is 17.5. The fourth-order valence-electron chi connectivity index (χ4n) is 4.46. The maximum absolute atomic E-state index is 13.5. The lowest BCUT2D eigenvalue weighted by Gasteiger charge is -2.24. The van der Waals surface area contributed by atoms with Gasteiger partial charge < -0.3 is 19.9 Å². The Kier molecular flexibility index (Phi) is 7.06. The Hall–Kier alpha value is -3.62. The van der Waals surface area contributed by atoms with Crippen LogP contribution in [0.25, 0.3) is 11.0 Å². The smallest absolute Gasteiger partial charge is 0.237 e. The largest absolute Gasteiger partial charge is 0.457 e. The summed E-state index contributed by atoms with van der Waals surface area (Å²) >= 11 is 12.3. The lowest BCUT2D eigenvalue weighted by atomic mass is 10.0. The van der Waals surface area contributed by atoms with E-state index in [-0.39, 0.29) is 28.6 Å². The second-order valence-electron chi connectivity index (χ2n) is 8.43. The van der Waals surface area contributed by atoms with Crippen LogP contribution in [0.2, 0.25) is 5.02 Å². The highest BCUT2D eigenvalue weighted by atomic mass is 35.5. The first-order valence-electron chi connectivity index (χ1n) is 11.5. The first-order valence-corrected chi connectivity index (χ1v) is 12.4. The predicted molar refractivity (Wildman–Crippen MR) is 139 cm³/mol. The molecule has 36 heavy (non-hydrogen) atoms. The van der Waals surface area contributed by atoms with Crippen LogP contribution in [0, 0.1) is 0 Å². The van der Waals surface area contributed by atoms with Gasteiger partial charge in [0.05, 0.1) is 16.0 Å². The molecule has 5 rings (SSSR count). The van der Waals surface area contributed by atoms with Crippen LogP contribution in [0.5, 0.6) is 11.5 Å². The highest BCUT2D eigenvalue weighted by molar-refractivity contribution is 6.35. The number of hydrogen-bond donors (Lipinski definition) is 2. The van der Waals surface area contributed by atoms with Gasteiger partial charge in [-0.1, -0.05) is 29.8 Å². The molecule has 10 heteroatoms. The first kappa shape index (κ1) is 24.1. The number of fused-ring (bicyclic) bond motifs is 1. The molecule has 0 saturated carbocycles. The van der Waals surface area contributed by atoms with Crippen LogP contribution in [0.4, 0.5) is 5.82 Å². The number of benzene rings is 2. The van der Waals surface area contributed by atoms with Crippen LogP contribution in [0.1, 0.15) is 28.8 Å². The average Bonchev–Trinajstić information content (AvgIpc) is 3.55. The van der Waals surface area contributed by atoms with Gasteiger partial charge in [-0.05, 0) is 37.1 Å². The number of ketones is 1. The zero-order valence-electron chi connectivity index (χ0n) is 19.2. The molecule has 0 spiro atoms. The third-order valence-electron chi connectivity index (χ3n) is 6.20. The number of halogens is 2. The number of carbonyl (C=O) groups excluding carboxylic acids is 2. The number of ether oxygens (including phenoxy) is 1. The van der Waals surface area contributed by atoms with E-state index in [9.17, 15) is 9.59 Å². The highest BCUT2D eigenvalue weighted by Gasteiger charge is 2.28. The molecule has 4 aromatic rings. The molecule has 2 N–H and O–H groups in total. The summed E-state index contributed by atoms with van der Waals surface area (Å²) < 4.78 is 5.82. The van der Waals surface area contributed by atoms with Crippen molar-refractivity contribution in [3.05, 3.63) is 77.2 Å². The van der Waals surface area contributed by atoms with Crippen LogP contribution in [0.3, 0.4) is 0 Å². The fourth-order valence-corrected chi connectivity index (χ4v) is 4.87. The van der Waals surface area contributed by atoms with Gasteiger partial charge in [-0.25, -0.2) is 9.97 Å². The van der Waals surface area contributed by atoms with Gasteiger partial charge in [-0.2, -0.15) is 0 Å². The van der Waals surface area contributed by atoms with Crippen LogP contribution < -0.4 is 10.1 Å². The minimum atomic E-state index is -0.268. The van der Waals surface area contributed by atoms with Crippen molar-refractivity contribution in [1.29, 1.82) is 0 Å². The van der Waals surface area contributed by atoms with Crippen LogP contribution in [-0.2, 0) is 4.79 Å². The Balaban J connectivity index is 1.39. The summed E-state index contributed by atoms with van der Waals surface area (Å²) in [5.41, 5.74) is 1.26. The number of carbonyl (C=O) groups is 2. The molecule has 1 aliphatic heterocycles. The van der Waals surface area contributed by atoms with Crippen LogP contribution in [-0.4, -0.2) is 56.6 Å². The third-order valence-corrected chi connectivity index (χ3v) is 6.74. The van der Waals surface area contributed by atoms with Crippen molar-refractivity contribution in [2.45, 2.75) is 18.9 Å². The average molecular weight is 524 g/mol. The van der Waals surface area contributed by atoms with E-state index in [0.717, 1.165) is 12.8 Å². The number of H-pyrrole nitrogens is 1. The van der Waals surface area contributed by atoms with E-state index >= 15 is 0 Å². The molecule has 2 aromatic heterocycles. The number of aromatic nitrogens is 3. The molecule has 0 radical (unpaired) electrons. The van der Waals surface area contributed by atoms with Gasteiger partial charge in [0.2, 0.25) is 5.91 Å². The molecule has 8 nitrogen and oxygen atoms in total. The number of hydrogen-bond acceptors (Lipinski definition) is 6. The van der Waals surface area contributed by atoms with Gasteiger partial charge in [-0.15, -0.1) is 11.6 Å². The van der Waals surface area contributed by atoms with Crippen molar-refractivity contribution in [1.82, 2.24) is 19.9 Å². The van der Waals surface area contributed by atoms with E-state index in [1.54, 1.807) is 29.3 Å². The summed E-state index contributed by atoms with van der Waals surface area (Å²) in [6, 6.07) is 14.3. The van der Waals surface area contributed by atoms with Gasteiger partial charge in [-0.3, -0.25) is 9.59 Å². The predicted octanol–water partition coefficient (Wildman–Crippen LogP) is 5.28. The lowest BCUT2D eigenvalue weighted by molar-refractivity contribution is -0.129. The standard InChI is InChI=1S/C26H23Cl2N5O3/c27-12-22(34)33-10-4-5-16(33)13-29-25-23-20(14-30-26(23)32-15-31-25)24(35)19-9-8-18(11-21(19)28)36-17-6-2-1-3-7-17/h1-3,6-9,11,14-16H,4-5,10,12-13H2,(H2,29,30,31,32). The Labute approximate surface area is 217 Å². The Morgan fingerprint density at radius 3 is 2.72 bits per heavy atom. The summed E-state index contributed by atoms with van der Waals surface area (Å²) in [5.74, 6) is 1.32. The molecule has 1 saturated heterocycles. The van der Waals surface area contributed by atoms with E-state index < -0.39 is 0 Å². The van der Waals surface area contributed by atoms with Crippen molar-refractivity contribution < 1.29 is 14.3 Å². The maximum atomic E-state index is 13.5. The number of likely N-dealkylation sites (tertiary alicyclic amines) is 1. The van der Waals surface area contributed by atoms with Crippen molar-refractivity contribution in [3.63, 3.8) is 0 Å². The van der Waals surface area contributed by atoms with Crippen molar-refractivity contribution in [2.24, 2.45) is 0 Å². The summed E-state index contributed by atoms with van der Waals surface area (Å²) in [5, 5.41) is 4.15. The monoisotopic (exact) mass is 523 g/mol. The quantitative estimate of drug-likeness (QED) is 0.241. The second-order valence-corrected chi connectivity index (χ2v) is 9.11. The maximum Gasteiger partial charge on any atom is 0.237 e. The van der Waals surface area contributed by atoms with Crippen molar-refractivity contribution in [3.8, 4) is 11.5 Å². The summed E-state index contributed by atoms with van der Waals surface area (Å²) in [6.45, 7) is 1.17. The topological polar surface area (TPSA) is 100 Å². The Morgan fingerprint density at radius 2 is 1.94 bits per heavy atom. The van der Waals surface area contributed by atoms with Crippen LogP contribution in [0.15, 0.2) is 61.1 Å². The van der Waals surface area contributed by atoms with E-state index in [2.05, 4.69) is 20.3 Å². The number of aromatic amines is 1. The SMILES string of the molecule is O=C(c1ccc(Oc2ccccc2)cc1Cl)c1c[nH]c2ncnc(NCC3CCCN3C(=O)CCl)c12. The lowest BCUT2D eigenvalue weighted by Crippen LogP contribution is -2.40. The van der Waals surface area contributed by atoms with Crippen LogP contribution >= 0.6 is 23.2 Å². The van der Waals surface area contributed by atoms with E-state index in [1.807, 2.05) is 30.3 Å². The van der Waals surface area contributed by atoms with E-state index in [4.69, 9.17) is 27.9 Å². The minimum Gasteiger partial charge on any atom is -0.457 e. The van der Waals surface area contributed by atoms with E-state index in [1.165, 1.54) is 6.33 Å². The van der Waals surface area contributed by atoms with Gasteiger partial charge in [0.1, 0.15) is 35.2 Å². The number of amides is 1. The number of alkyl halides is 1. The zero-order valence-corrected chi connectivity index (χ0v) is 20.7. The molecule has 0 aliphatic carbocycles. The molecular formula is C26H23Cl2N5O3.